The van der Waals surface area contributed by atoms with E-state index in [-0.39, 0.29) is 24.2 Å². The van der Waals surface area contributed by atoms with E-state index in [1.807, 2.05) is 6.92 Å². The number of nitrogens with zero attached hydrogens (tertiary/aromatic N) is 1. The number of hydrogen-bond acceptors (Lipinski definition) is 3. The van der Waals surface area contributed by atoms with Gasteiger partial charge < -0.3 is 16.0 Å². The van der Waals surface area contributed by atoms with Crippen molar-refractivity contribution in [3.8, 4) is 0 Å². The van der Waals surface area contributed by atoms with Crippen LogP contribution in [-0.4, -0.2) is 36.9 Å². The second-order valence-corrected chi connectivity index (χ2v) is 4.28. The van der Waals surface area contributed by atoms with Crippen molar-refractivity contribution >= 4 is 29.9 Å². The van der Waals surface area contributed by atoms with Crippen LogP contribution in [0.1, 0.15) is 23.7 Å². The Morgan fingerprint density at radius 2 is 1.79 bits per heavy atom. The van der Waals surface area contributed by atoms with Crippen LogP contribution in [0.3, 0.4) is 0 Å². The minimum Gasteiger partial charge on any atom is -0.345 e. The Morgan fingerprint density at radius 1 is 1.26 bits per heavy atom. The monoisotopic (exact) mass is 285 g/mol. The zero-order valence-corrected chi connectivity index (χ0v) is 12.2. The van der Waals surface area contributed by atoms with E-state index in [9.17, 15) is 9.59 Å². The molecule has 0 aliphatic rings. The molecule has 0 fully saturated rings. The molecule has 1 atom stereocenters. The Bertz CT molecular complexity index is 432. The topological polar surface area (TPSA) is 75.4 Å². The zero-order chi connectivity index (χ0) is 13.7. The summed E-state index contributed by atoms with van der Waals surface area (Å²) < 4.78 is 0. The predicted molar refractivity (Wildman–Crippen MR) is 78.6 cm³/mol. The second-order valence-electron chi connectivity index (χ2n) is 4.28. The van der Waals surface area contributed by atoms with Crippen molar-refractivity contribution in [2.75, 3.05) is 19.4 Å². The minimum atomic E-state index is -0.506. The Hall–Kier alpha value is -1.59. The molecule has 0 saturated carbocycles. The molecule has 0 aliphatic carbocycles. The molecule has 0 aliphatic heterocycles. The molecule has 1 aromatic carbocycles. The van der Waals surface area contributed by atoms with Crippen LogP contribution in [0.5, 0.6) is 0 Å². The van der Waals surface area contributed by atoms with Gasteiger partial charge in [0.25, 0.3) is 5.91 Å². The number of benzene rings is 1. The molecule has 6 heteroatoms. The maximum Gasteiger partial charge on any atom is 0.253 e. The van der Waals surface area contributed by atoms with Crippen LogP contribution in [0, 0.1) is 0 Å². The van der Waals surface area contributed by atoms with E-state index in [1.54, 1.807) is 38.4 Å². The average molecular weight is 286 g/mol. The zero-order valence-electron chi connectivity index (χ0n) is 11.3. The van der Waals surface area contributed by atoms with Crippen molar-refractivity contribution in [2.45, 2.75) is 19.4 Å². The number of halogens is 1. The van der Waals surface area contributed by atoms with E-state index in [0.29, 0.717) is 17.7 Å². The number of hydrogen-bond donors (Lipinski definition) is 2. The third kappa shape index (κ3) is 4.89. The first-order valence-electron chi connectivity index (χ1n) is 5.84. The molecule has 0 aromatic heterocycles. The number of carbonyl (C=O) groups is 2. The molecule has 1 rings (SSSR count). The first-order valence-corrected chi connectivity index (χ1v) is 5.84. The molecule has 3 N–H and O–H groups in total. The van der Waals surface area contributed by atoms with E-state index in [4.69, 9.17) is 5.73 Å². The highest BCUT2D eigenvalue weighted by molar-refractivity contribution is 5.96. The molecule has 106 valence electrons. The van der Waals surface area contributed by atoms with Gasteiger partial charge in [0.2, 0.25) is 5.91 Å². The first-order chi connectivity index (χ1) is 8.45. The maximum atomic E-state index is 11.7. The molecular weight excluding hydrogens is 266 g/mol. The van der Waals surface area contributed by atoms with E-state index in [1.165, 1.54) is 4.90 Å². The van der Waals surface area contributed by atoms with Gasteiger partial charge in [-0.1, -0.05) is 6.92 Å². The standard InChI is InChI=1S/C13H19N3O2.ClH/c1-4-11(14)12(17)15-10-7-5-9(6-8-10)13(18)16(2)3;/h5-8,11H,4,14H2,1-3H3,(H,15,17);1H/t11-;/m0./s1. The SMILES string of the molecule is CC[C@H](N)C(=O)Nc1ccc(C(=O)N(C)C)cc1.Cl. The van der Waals surface area contributed by atoms with Crippen molar-refractivity contribution in [1.29, 1.82) is 0 Å². The number of anilines is 1. The van der Waals surface area contributed by atoms with Gasteiger partial charge >= 0.3 is 0 Å². The summed E-state index contributed by atoms with van der Waals surface area (Å²) in [7, 11) is 3.39. The number of rotatable bonds is 4. The summed E-state index contributed by atoms with van der Waals surface area (Å²) in [6.07, 6.45) is 0.586. The van der Waals surface area contributed by atoms with E-state index in [2.05, 4.69) is 5.32 Å². The van der Waals surface area contributed by atoms with Gasteiger partial charge in [-0.2, -0.15) is 0 Å². The van der Waals surface area contributed by atoms with Gasteiger partial charge in [-0.05, 0) is 30.7 Å². The lowest BCUT2D eigenvalue weighted by atomic mass is 10.1. The maximum absolute atomic E-state index is 11.7. The van der Waals surface area contributed by atoms with Crippen molar-refractivity contribution in [1.82, 2.24) is 4.90 Å². The number of nitrogens with two attached hydrogens (primary N) is 1. The van der Waals surface area contributed by atoms with Crippen molar-refractivity contribution in [3.05, 3.63) is 29.8 Å². The Balaban J connectivity index is 0.00000324. The molecule has 2 amide bonds. The van der Waals surface area contributed by atoms with Crippen LogP contribution in [0.2, 0.25) is 0 Å². The summed E-state index contributed by atoms with van der Waals surface area (Å²) in [6.45, 7) is 1.85. The van der Waals surface area contributed by atoms with Crippen LogP contribution in [0.4, 0.5) is 5.69 Å². The second kappa shape index (κ2) is 7.76. The molecule has 19 heavy (non-hydrogen) atoms. The summed E-state index contributed by atoms with van der Waals surface area (Å²) in [5.74, 6) is -0.290. The minimum absolute atomic E-state index is 0. The van der Waals surface area contributed by atoms with Crippen molar-refractivity contribution < 1.29 is 9.59 Å². The van der Waals surface area contributed by atoms with E-state index >= 15 is 0 Å². The summed E-state index contributed by atoms with van der Waals surface area (Å²) >= 11 is 0. The lowest BCUT2D eigenvalue weighted by Crippen LogP contribution is -2.34. The molecule has 0 bridgehead atoms. The smallest absolute Gasteiger partial charge is 0.253 e. The average Bonchev–Trinajstić information content (AvgIpc) is 2.37. The van der Waals surface area contributed by atoms with Gasteiger partial charge in [-0.3, -0.25) is 9.59 Å². The van der Waals surface area contributed by atoms with Crippen LogP contribution in [-0.2, 0) is 4.79 Å². The summed E-state index contributed by atoms with van der Waals surface area (Å²) in [6, 6.07) is 6.23. The molecule has 0 saturated heterocycles. The van der Waals surface area contributed by atoms with Gasteiger partial charge in [0.1, 0.15) is 0 Å². The van der Waals surface area contributed by atoms with Crippen molar-refractivity contribution in [2.24, 2.45) is 5.73 Å². The van der Waals surface area contributed by atoms with Gasteiger partial charge in [0.15, 0.2) is 0 Å². The lowest BCUT2D eigenvalue weighted by Gasteiger charge is -2.12. The van der Waals surface area contributed by atoms with Crippen LogP contribution in [0.15, 0.2) is 24.3 Å². The molecule has 0 radical (unpaired) electrons. The lowest BCUT2D eigenvalue weighted by molar-refractivity contribution is -0.117. The van der Waals surface area contributed by atoms with Crippen LogP contribution < -0.4 is 11.1 Å². The molecule has 0 spiro atoms. The fourth-order valence-corrected chi connectivity index (χ4v) is 1.37. The quantitative estimate of drug-likeness (QED) is 0.880. The number of amides is 2. The highest BCUT2D eigenvalue weighted by atomic mass is 35.5. The van der Waals surface area contributed by atoms with Crippen LogP contribution >= 0.6 is 12.4 Å². The van der Waals surface area contributed by atoms with Gasteiger partial charge in [-0.15, -0.1) is 12.4 Å². The Labute approximate surface area is 119 Å². The fourth-order valence-electron chi connectivity index (χ4n) is 1.37. The Morgan fingerprint density at radius 3 is 2.21 bits per heavy atom. The normalized spacial score (nSPS) is 11.2. The van der Waals surface area contributed by atoms with Crippen molar-refractivity contribution in [3.63, 3.8) is 0 Å². The van der Waals surface area contributed by atoms with Gasteiger partial charge in [0, 0.05) is 25.3 Å². The number of nitrogens with one attached hydrogen (secondary N) is 1. The Kier molecular flexibility index (Phi) is 7.11. The molecule has 1 aromatic rings. The third-order valence-corrected chi connectivity index (χ3v) is 2.58. The summed E-state index contributed by atoms with van der Waals surface area (Å²) in [5.41, 5.74) is 6.83. The molecule has 0 unspecified atom stereocenters. The molecule has 5 nitrogen and oxygen atoms in total. The van der Waals surface area contributed by atoms with Gasteiger partial charge in [-0.25, -0.2) is 0 Å². The number of carbonyl (C=O) groups excluding carboxylic acids is 2. The first kappa shape index (κ1) is 17.4. The summed E-state index contributed by atoms with van der Waals surface area (Å²) in [5, 5.41) is 2.70. The summed E-state index contributed by atoms with van der Waals surface area (Å²) in [4.78, 5) is 24.7. The van der Waals surface area contributed by atoms with E-state index in [0.717, 1.165) is 0 Å². The van der Waals surface area contributed by atoms with Crippen LogP contribution in [0.25, 0.3) is 0 Å². The predicted octanol–water partition coefficient (Wildman–Crippen LogP) is 1.49. The van der Waals surface area contributed by atoms with E-state index < -0.39 is 6.04 Å². The highest BCUT2D eigenvalue weighted by Gasteiger charge is 2.11. The highest BCUT2D eigenvalue weighted by Crippen LogP contribution is 2.11. The molecule has 0 heterocycles. The third-order valence-electron chi connectivity index (χ3n) is 2.58. The fraction of sp³-hybridized carbons (Fsp3) is 0.385. The molecular formula is C13H20ClN3O2. The largest absolute Gasteiger partial charge is 0.345 e. The van der Waals surface area contributed by atoms with Gasteiger partial charge in [0.05, 0.1) is 6.04 Å².